The number of ether oxygens (including phenoxy) is 1. The van der Waals surface area contributed by atoms with Crippen molar-refractivity contribution in [1.29, 1.82) is 0 Å². The summed E-state index contributed by atoms with van der Waals surface area (Å²) in [5.41, 5.74) is 2.27. The Labute approximate surface area is 189 Å². The van der Waals surface area contributed by atoms with Gasteiger partial charge in [0.2, 0.25) is 11.9 Å². The quantitative estimate of drug-likeness (QED) is 0.729. The number of allylic oxidation sites excluding steroid dienone is 2. The molecule has 1 saturated heterocycles. The summed E-state index contributed by atoms with van der Waals surface area (Å²) in [4.78, 5) is 17.2. The lowest BCUT2D eigenvalue weighted by Gasteiger charge is -2.44. The molecule has 6 rings (SSSR count). The number of para-hydroxylation sites is 2. The summed E-state index contributed by atoms with van der Waals surface area (Å²) in [5, 5.41) is 3.80. The first-order valence-electron chi connectivity index (χ1n) is 12.1. The molecule has 0 bridgehead atoms. The standard InChI is InChI=1S/C24H33N7O/c1-2-7-19(8-3-1)22-27-23-25-17-29(12-6-11-28-13-15-32-16-14-28)18-30(23)24-26-20-9-4-5-10-21(20)31(22)24/h1-2,4-5,9-10,19,22H,3,6-8,11-18H2,(H,25,27)/t19-,22+/m0/s1. The monoisotopic (exact) mass is 435 g/mol. The maximum atomic E-state index is 5.47. The topological polar surface area (TPSA) is 61.2 Å². The zero-order chi connectivity index (χ0) is 21.3. The second-order valence-electron chi connectivity index (χ2n) is 9.30. The number of nitrogens with zero attached hydrogens (tertiary/aromatic N) is 6. The minimum atomic E-state index is 0.199. The fourth-order valence-corrected chi connectivity index (χ4v) is 5.46. The molecular formula is C24H33N7O. The molecule has 0 amide bonds. The van der Waals surface area contributed by atoms with Crippen LogP contribution in [-0.2, 0) is 4.74 Å². The third-order valence-corrected chi connectivity index (χ3v) is 7.20. The summed E-state index contributed by atoms with van der Waals surface area (Å²) in [6.07, 6.45) is 9.44. The van der Waals surface area contributed by atoms with Gasteiger partial charge in [-0.1, -0.05) is 24.3 Å². The molecule has 4 aliphatic rings. The van der Waals surface area contributed by atoms with E-state index in [1.54, 1.807) is 0 Å². The Morgan fingerprint density at radius 2 is 1.94 bits per heavy atom. The third-order valence-electron chi connectivity index (χ3n) is 7.20. The zero-order valence-electron chi connectivity index (χ0n) is 18.7. The molecule has 8 heteroatoms. The highest BCUT2D eigenvalue weighted by Gasteiger charge is 2.38. The van der Waals surface area contributed by atoms with Gasteiger partial charge in [-0.25, -0.2) is 9.98 Å². The number of rotatable bonds is 5. The molecule has 4 heterocycles. The number of morpholine rings is 1. The summed E-state index contributed by atoms with van der Waals surface area (Å²) in [6, 6.07) is 8.52. The van der Waals surface area contributed by atoms with Gasteiger partial charge in [0.05, 0.1) is 37.6 Å². The van der Waals surface area contributed by atoms with Crippen molar-refractivity contribution in [2.24, 2.45) is 10.9 Å². The second kappa shape index (κ2) is 8.84. The molecule has 1 aliphatic carbocycles. The fraction of sp³-hybridized carbons (Fsp3) is 0.583. The Morgan fingerprint density at radius 3 is 2.81 bits per heavy atom. The zero-order valence-corrected chi connectivity index (χ0v) is 18.7. The Hall–Kier alpha value is -2.42. The van der Waals surface area contributed by atoms with Gasteiger partial charge in [-0.15, -0.1) is 0 Å². The van der Waals surface area contributed by atoms with E-state index in [0.717, 1.165) is 89.4 Å². The van der Waals surface area contributed by atoms with E-state index < -0.39 is 0 Å². The lowest BCUT2D eigenvalue weighted by atomic mass is 9.91. The summed E-state index contributed by atoms with van der Waals surface area (Å²) in [7, 11) is 0. The van der Waals surface area contributed by atoms with Gasteiger partial charge in [-0.05, 0) is 44.4 Å². The highest BCUT2D eigenvalue weighted by atomic mass is 16.5. The summed E-state index contributed by atoms with van der Waals surface area (Å²) < 4.78 is 7.90. The van der Waals surface area contributed by atoms with Crippen molar-refractivity contribution in [3.8, 4) is 0 Å². The maximum Gasteiger partial charge on any atom is 0.216 e. The first-order valence-corrected chi connectivity index (χ1v) is 12.1. The van der Waals surface area contributed by atoms with Crippen LogP contribution in [0.25, 0.3) is 11.0 Å². The van der Waals surface area contributed by atoms with Gasteiger partial charge in [-0.3, -0.25) is 19.3 Å². The van der Waals surface area contributed by atoms with Gasteiger partial charge in [0.1, 0.15) is 6.17 Å². The number of fused-ring (bicyclic) bond motifs is 5. The number of imidazole rings is 1. The van der Waals surface area contributed by atoms with Gasteiger partial charge >= 0.3 is 0 Å². The molecule has 3 aliphatic heterocycles. The van der Waals surface area contributed by atoms with Crippen LogP contribution < -0.4 is 10.2 Å². The predicted molar refractivity (Wildman–Crippen MR) is 127 cm³/mol. The molecule has 0 radical (unpaired) electrons. The van der Waals surface area contributed by atoms with Crippen molar-refractivity contribution in [2.45, 2.75) is 31.8 Å². The maximum absolute atomic E-state index is 5.47. The summed E-state index contributed by atoms with van der Waals surface area (Å²) in [6.45, 7) is 7.59. The summed E-state index contributed by atoms with van der Waals surface area (Å²) in [5.74, 6) is 2.56. The van der Waals surface area contributed by atoms with Crippen LogP contribution in [0.3, 0.4) is 0 Å². The average molecular weight is 436 g/mol. The first kappa shape index (κ1) is 20.2. The summed E-state index contributed by atoms with van der Waals surface area (Å²) >= 11 is 0. The number of anilines is 1. The molecule has 1 aromatic heterocycles. The van der Waals surface area contributed by atoms with E-state index in [0.29, 0.717) is 5.92 Å². The molecule has 170 valence electrons. The molecular weight excluding hydrogens is 402 g/mol. The number of guanidine groups is 1. The van der Waals surface area contributed by atoms with E-state index in [-0.39, 0.29) is 6.17 Å². The van der Waals surface area contributed by atoms with Gasteiger partial charge < -0.3 is 10.1 Å². The number of hydrogen-bond donors (Lipinski definition) is 1. The fourth-order valence-electron chi connectivity index (χ4n) is 5.46. The van der Waals surface area contributed by atoms with Crippen LogP contribution in [0.5, 0.6) is 0 Å². The molecule has 1 fully saturated rings. The van der Waals surface area contributed by atoms with Gasteiger partial charge in [0, 0.05) is 25.6 Å². The van der Waals surface area contributed by atoms with E-state index in [1.807, 2.05) is 0 Å². The minimum Gasteiger partial charge on any atom is -0.379 e. The third kappa shape index (κ3) is 3.80. The van der Waals surface area contributed by atoms with Crippen LogP contribution in [0.4, 0.5) is 5.95 Å². The van der Waals surface area contributed by atoms with E-state index in [9.17, 15) is 0 Å². The number of aliphatic imine (C=N–C) groups is 1. The molecule has 0 saturated carbocycles. The Morgan fingerprint density at radius 1 is 1.06 bits per heavy atom. The van der Waals surface area contributed by atoms with Crippen LogP contribution >= 0.6 is 0 Å². The molecule has 8 nitrogen and oxygen atoms in total. The second-order valence-corrected chi connectivity index (χ2v) is 9.30. The molecule has 0 spiro atoms. The van der Waals surface area contributed by atoms with E-state index in [2.05, 4.69) is 61.0 Å². The van der Waals surface area contributed by atoms with Crippen LogP contribution in [0.1, 0.15) is 31.8 Å². The van der Waals surface area contributed by atoms with Gasteiger partial charge in [0.15, 0.2) is 0 Å². The van der Waals surface area contributed by atoms with Gasteiger partial charge in [-0.2, -0.15) is 0 Å². The molecule has 32 heavy (non-hydrogen) atoms. The number of benzene rings is 1. The largest absolute Gasteiger partial charge is 0.379 e. The minimum absolute atomic E-state index is 0.199. The molecule has 2 aromatic rings. The van der Waals surface area contributed by atoms with Crippen LogP contribution in [0.15, 0.2) is 41.4 Å². The van der Waals surface area contributed by atoms with Crippen LogP contribution in [0.2, 0.25) is 0 Å². The smallest absolute Gasteiger partial charge is 0.216 e. The highest BCUT2D eigenvalue weighted by molar-refractivity contribution is 5.98. The predicted octanol–water partition coefficient (Wildman–Crippen LogP) is 2.61. The SMILES string of the molecule is C1=CC[C@H]([C@@H]2NC3=NCN(CCCN4CCOCC4)CN3c3nc4ccccc4n32)CC1. The average Bonchev–Trinajstić information content (AvgIpc) is 3.25. The van der Waals surface area contributed by atoms with E-state index >= 15 is 0 Å². The molecule has 1 aromatic carbocycles. The number of aromatic nitrogens is 2. The lowest BCUT2D eigenvalue weighted by molar-refractivity contribution is 0.0361. The molecule has 2 atom stereocenters. The van der Waals surface area contributed by atoms with Gasteiger partial charge in [0.25, 0.3) is 0 Å². The first-order chi connectivity index (χ1) is 15.9. The van der Waals surface area contributed by atoms with Crippen molar-refractivity contribution in [3.63, 3.8) is 0 Å². The Balaban J connectivity index is 1.23. The highest BCUT2D eigenvalue weighted by Crippen LogP contribution is 2.37. The number of hydrogen-bond acceptors (Lipinski definition) is 7. The van der Waals surface area contributed by atoms with Crippen molar-refractivity contribution in [3.05, 3.63) is 36.4 Å². The Bertz CT molecular complexity index is 1010. The van der Waals surface area contributed by atoms with E-state index in [4.69, 9.17) is 14.7 Å². The van der Waals surface area contributed by atoms with Crippen LogP contribution in [-0.4, -0.2) is 78.0 Å². The lowest BCUT2D eigenvalue weighted by Crippen LogP contribution is -2.58. The molecule has 1 N–H and O–H groups in total. The Kier molecular flexibility index (Phi) is 5.58. The normalized spacial score (nSPS) is 26.5. The molecule has 0 unspecified atom stereocenters. The number of nitrogens with one attached hydrogen (secondary N) is 1. The van der Waals surface area contributed by atoms with Crippen molar-refractivity contribution < 1.29 is 4.74 Å². The van der Waals surface area contributed by atoms with E-state index in [1.165, 1.54) is 11.9 Å². The van der Waals surface area contributed by atoms with Crippen molar-refractivity contribution in [1.82, 2.24) is 24.7 Å². The van der Waals surface area contributed by atoms with Crippen molar-refractivity contribution >= 4 is 22.9 Å². The van der Waals surface area contributed by atoms with Crippen LogP contribution in [0, 0.1) is 5.92 Å². The van der Waals surface area contributed by atoms with Crippen molar-refractivity contribution in [2.75, 3.05) is 57.6 Å².